The predicted octanol–water partition coefficient (Wildman–Crippen LogP) is 3.57. The predicted molar refractivity (Wildman–Crippen MR) is 115 cm³/mol. The Hall–Kier alpha value is -2.64. The highest BCUT2D eigenvalue weighted by atomic mass is 32.2. The number of carbonyl (C=O) groups is 1. The van der Waals surface area contributed by atoms with E-state index in [0.29, 0.717) is 37.3 Å². The van der Waals surface area contributed by atoms with Crippen molar-refractivity contribution in [2.45, 2.75) is 29.6 Å². The SMILES string of the molecule is COc1ccc([C@]2(CCN(C)S(=O)(=O)c3ccccc3)C=CC(=O)CC2)cc1OC. The third-order valence-corrected chi connectivity index (χ3v) is 7.56. The van der Waals surface area contributed by atoms with E-state index in [2.05, 4.69) is 0 Å². The van der Waals surface area contributed by atoms with Gasteiger partial charge in [-0.15, -0.1) is 0 Å². The summed E-state index contributed by atoms with van der Waals surface area (Å²) in [5.74, 6) is 1.30. The van der Waals surface area contributed by atoms with Crippen LogP contribution in [0.25, 0.3) is 0 Å². The van der Waals surface area contributed by atoms with E-state index in [1.165, 1.54) is 4.31 Å². The number of rotatable bonds is 8. The van der Waals surface area contributed by atoms with Gasteiger partial charge < -0.3 is 9.47 Å². The maximum atomic E-state index is 12.9. The monoisotopic (exact) mass is 429 g/mol. The van der Waals surface area contributed by atoms with E-state index >= 15 is 0 Å². The Bertz CT molecular complexity index is 1030. The normalized spacial score (nSPS) is 19.1. The lowest BCUT2D eigenvalue weighted by atomic mass is 9.71. The van der Waals surface area contributed by atoms with Crippen LogP contribution < -0.4 is 9.47 Å². The van der Waals surface area contributed by atoms with Crippen molar-refractivity contribution in [1.82, 2.24) is 4.31 Å². The maximum absolute atomic E-state index is 12.9. The Kier molecular flexibility index (Phi) is 6.63. The number of carbonyl (C=O) groups excluding carboxylic acids is 1. The van der Waals surface area contributed by atoms with E-state index in [4.69, 9.17) is 9.47 Å². The topological polar surface area (TPSA) is 72.9 Å². The summed E-state index contributed by atoms with van der Waals surface area (Å²) >= 11 is 0. The summed E-state index contributed by atoms with van der Waals surface area (Å²) in [4.78, 5) is 12.1. The number of ether oxygens (including phenoxy) is 2. The molecule has 0 radical (unpaired) electrons. The molecule has 0 saturated heterocycles. The Balaban J connectivity index is 1.90. The smallest absolute Gasteiger partial charge is 0.242 e. The Labute approximate surface area is 178 Å². The fraction of sp³-hybridized carbons (Fsp3) is 0.348. The van der Waals surface area contributed by atoms with Crippen molar-refractivity contribution in [3.63, 3.8) is 0 Å². The summed E-state index contributed by atoms with van der Waals surface area (Å²) < 4.78 is 38.0. The van der Waals surface area contributed by atoms with Gasteiger partial charge in [0.2, 0.25) is 10.0 Å². The van der Waals surface area contributed by atoms with Crippen molar-refractivity contribution in [1.29, 1.82) is 0 Å². The molecule has 6 nitrogen and oxygen atoms in total. The van der Waals surface area contributed by atoms with Gasteiger partial charge in [0.1, 0.15) is 0 Å². The maximum Gasteiger partial charge on any atom is 0.242 e. The molecule has 0 aromatic heterocycles. The molecule has 0 saturated carbocycles. The fourth-order valence-electron chi connectivity index (χ4n) is 3.75. The minimum absolute atomic E-state index is 0.0800. The van der Waals surface area contributed by atoms with E-state index in [1.54, 1.807) is 57.7 Å². The highest BCUT2D eigenvalue weighted by molar-refractivity contribution is 7.89. The van der Waals surface area contributed by atoms with Gasteiger partial charge >= 0.3 is 0 Å². The van der Waals surface area contributed by atoms with Gasteiger partial charge in [-0.25, -0.2) is 12.7 Å². The highest BCUT2D eigenvalue weighted by Crippen LogP contribution is 2.41. The molecule has 3 rings (SSSR count). The molecular formula is C23H27NO5S. The van der Waals surface area contributed by atoms with E-state index in [1.807, 2.05) is 24.3 Å². The van der Waals surface area contributed by atoms with Crippen molar-refractivity contribution in [2.75, 3.05) is 27.8 Å². The van der Waals surface area contributed by atoms with Crippen LogP contribution in [0.3, 0.4) is 0 Å². The summed E-state index contributed by atoms with van der Waals surface area (Å²) in [5.41, 5.74) is 0.503. The molecule has 0 N–H and O–H groups in total. The fourth-order valence-corrected chi connectivity index (χ4v) is 4.95. The number of ketones is 1. The molecule has 0 amide bonds. The van der Waals surface area contributed by atoms with Crippen LogP contribution >= 0.6 is 0 Å². The number of nitrogens with zero attached hydrogens (tertiary/aromatic N) is 1. The number of hydrogen-bond donors (Lipinski definition) is 0. The van der Waals surface area contributed by atoms with Crippen LogP contribution in [-0.4, -0.2) is 46.3 Å². The van der Waals surface area contributed by atoms with Crippen molar-refractivity contribution in [2.24, 2.45) is 0 Å². The average molecular weight is 430 g/mol. The summed E-state index contributed by atoms with van der Waals surface area (Å²) in [6.07, 6.45) is 5.07. The van der Waals surface area contributed by atoms with E-state index in [-0.39, 0.29) is 10.7 Å². The van der Waals surface area contributed by atoms with Crippen LogP contribution in [0.1, 0.15) is 24.8 Å². The van der Waals surface area contributed by atoms with Gasteiger partial charge in [-0.2, -0.15) is 0 Å². The first-order valence-corrected chi connectivity index (χ1v) is 11.2. The van der Waals surface area contributed by atoms with E-state index < -0.39 is 15.4 Å². The molecule has 0 spiro atoms. The van der Waals surface area contributed by atoms with Gasteiger partial charge in [0, 0.05) is 25.4 Å². The zero-order chi connectivity index (χ0) is 21.8. The summed E-state index contributed by atoms with van der Waals surface area (Å²) in [5, 5.41) is 0. The Morgan fingerprint density at radius 1 is 1.03 bits per heavy atom. The minimum Gasteiger partial charge on any atom is -0.493 e. The molecule has 0 fully saturated rings. The van der Waals surface area contributed by atoms with Gasteiger partial charge in [0.25, 0.3) is 0 Å². The number of methoxy groups -OCH3 is 2. The van der Waals surface area contributed by atoms with Crippen molar-refractivity contribution < 1.29 is 22.7 Å². The second-order valence-corrected chi connectivity index (χ2v) is 9.46. The second kappa shape index (κ2) is 9.02. The standard InChI is InChI=1S/C23H27NO5S/c1-24(30(26,27)20-7-5-4-6-8-20)16-15-23(13-11-19(25)12-14-23)18-9-10-21(28-2)22(17-18)29-3/h4-11,13,17H,12,14-16H2,1-3H3/t23-/m1/s1. The van der Waals surface area contributed by atoms with Crippen LogP contribution in [0.2, 0.25) is 0 Å². The second-order valence-electron chi connectivity index (χ2n) is 7.42. The van der Waals surface area contributed by atoms with Crippen LogP contribution in [-0.2, 0) is 20.2 Å². The molecule has 2 aromatic carbocycles. The number of hydrogen-bond acceptors (Lipinski definition) is 5. The van der Waals surface area contributed by atoms with E-state index in [0.717, 1.165) is 5.56 Å². The lowest BCUT2D eigenvalue weighted by molar-refractivity contribution is -0.115. The molecule has 1 aliphatic carbocycles. The first-order chi connectivity index (χ1) is 14.3. The third-order valence-electron chi connectivity index (χ3n) is 5.69. The first-order valence-electron chi connectivity index (χ1n) is 9.78. The molecule has 0 bridgehead atoms. The molecule has 2 aromatic rings. The van der Waals surface area contributed by atoms with Crippen molar-refractivity contribution in [3.05, 3.63) is 66.2 Å². The van der Waals surface area contributed by atoms with Crippen LogP contribution in [0.4, 0.5) is 0 Å². The van der Waals surface area contributed by atoms with Crippen LogP contribution in [0.5, 0.6) is 11.5 Å². The lowest BCUT2D eigenvalue weighted by Gasteiger charge is -2.35. The molecule has 1 aliphatic rings. The Morgan fingerprint density at radius 2 is 1.73 bits per heavy atom. The third kappa shape index (κ3) is 4.42. The number of benzene rings is 2. The molecule has 0 unspecified atom stereocenters. The summed E-state index contributed by atoms with van der Waals surface area (Å²) in [7, 11) is 1.16. The molecule has 7 heteroatoms. The number of allylic oxidation sites excluding steroid dienone is 2. The van der Waals surface area contributed by atoms with E-state index in [9.17, 15) is 13.2 Å². The average Bonchev–Trinajstić information content (AvgIpc) is 2.78. The molecule has 1 atom stereocenters. The molecule has 160 valence electrons. The van der Waals surface area contributed by atoms with Crippen molar-refractivity contribution >= 4 is 15.8 Å². The lowest BCUT2D eigenvalue weighted by Crippen LogP contribution is -2.35. The van der Waals surface area contributed by atoms with Gasteiger partial charge in [-0.1, -0.05) is 30.3 Å². The highest BCUT2D eigenvalue weighted by Gasteiger charge is 2.35. The van der Waals surface area contributed by atoms with Crippen molar-refractivity contribution in [3.8, 4) is 11.5 Å². The molecule has 0 heterocycles. The largest absolute Gasteiger partial charge is 0.493 e. The zero-order valence-corrected chi connectivity index (χ0v) is 18.3. The minimum atomic E-state index is -3.59. The van der Waals surface area contributed by atoms with Gasteiger partial charge in [-0.3, -0.25) is 4.79 Å². The van der Waals surface area contributed by atoms with Crippen LogP contribution in [0, 0.1) is 0 Å². The molecule has 30 heavy (non-hydrogen) atoms. The van der Waals surface area contributed by atoms with Gasteiger partial charge in [-0.05, 0) is 48.7 Å². The first kappa shape index (κ1) is 22.1. The Morgan fingerprint density at radius 3 is 2.33 bits per heavy atom. The molecular weight excluding hydrogens is 402 g/mol. The zero-order valence-electron chi connectivity index (χ0n) is 17.5. The van der Waals surface area contributed by atoms with Gasteiger partial charge in [0.05, 0.1) is 19.1 Å². The summed E-state index contributed by atoms with van der Waals surface area (Å²) in [6.45, 7) is 0.310. The number of sulfonamides is 1. The molecule has 0 aliphatic heterocycles. The van der Waals surface area contributed by atoms with Crippen LogP contribution in [0.15, 0.2) is 65.6 Å². The summed E-state index contributed by atoms with van der Waals surface area (Å²) in [6, 6.07) is 14.1. The van der Waals surface area contributed by atoms with Gasteiger partial charge in [0.15, 0.2) is 17.3 Å². The quantitative estimate of drug-likeness (QED) is 0.641.